The number of aryl methyl sites for hydroxylation is 3. The first-order valence-corrected chi connectivity index (χ1v) is 7.33. The average molecular weight is 286 g/mol. The minimum absolute atomic E-state index is 0.178. The topological polar surface area (TPSA) is 44.1 Å². The molecule has 4 heteroatoms. The van der Waals surface area contributed by atoms with Crippen LogP contribution in [-0.4, -0.2) is 22.2 Å². The van der Waals surface area contributed by atoms with Crippen molar-refractivity contribution in [3.05, 3.63) is 47.3 Å². The number of benzene rings is 1. The van der Waals surface area contributed by atoms with Crippen molar-refractivity contribution in [2.24, 2.45) is 0 Å². The first kappa shape index (κ1) is 15.3. The summed E-state index contributed by atoms with van der Waals surface area (Å²) in [5.41, 5.74) is 3.09. The zero-order chi connectivity index (χ0) is 15.2. The summed E-state index contributed by atoms with van der Waals surface area (Å²) >= 11 is 0. The first-order valence-electron chi connectivity index (χ1n) is 7.33. The molecule has 0 spiro atoms. The van der Waals surface area contributed by atoms with Crippen molar-refractivity contribution >= 4 is 5.78 Å². The Hall–Kier alpha value is -2.10. The van der Waals surface area contributed by atoms with E-state index in [1.807, 2.05) is 55.8 Å². The minimum atomic E-state index is 0.178. The Balaban J connectivity index is 1.82. The molecule has 0 unspecified atom stereocenters. The van der Waals surface area contributed by atoms with E-state index in [1.165, 1.54) is 0 Å². The number of carbonyl (C=O) groups is 1. The number of ketones is 1. The second-order valence-electron chi connectivity index (χ2n) is 5.22. The average Bonchev–Trinajstić information content (AvgIpc) is 2.78. The third-order valence-corrected chi connectivity index (χ3v) is 3.30. The normalized spacial score (nSPS) is 10.6. The zero-order valence-electron chi connectivity index (χ0n) is 12.9. The van der Waals surface area contributed by atoms with Gasteiger partial charge in [0, 0.05) is 25.1 Å². The van der Waals surface area contributed by atoms with Crippen LogP contribution >= 0.6 is 0 Å². The Bertz CT molecular complexity index is 617. The molecule has 0 saturated heterocycles. The van der Waals surface area contributed by atoms with Crippen molar-refractivity contribution in [1.29, 1.82) is 0 Å². The maximum Gasteiger partial charge on any atom is 0.142 e. The van der Waals surface area contributed by atoms with Gasteiger partial charge in [0.25, 0.3) is 0 Å². The van der Waals surface area contributed by atoms with Crippen molar-refractivity contribution in [3.8, 4) is 5.75 Å². The van der Waals surface area contributed by atoms with Gasteiger partial charge in [0.1, 0.15) is 11.5 Å². The fraction of sp³-hybridized carbons (Fsp3) is 0.412. The van der Waals surface area contributed by atoms with E-state index in [0.717, 1.165) is 29.2 Å². The molecular weight excluding hydrogens is 264 g/mol. The molecule has 2 rings (SSSR count). The Morgan fingerprint density at radius 1 is 1.29 bits per heavy atom. The van der Waals surface area contributed by atoms with E-state index in [2.05, 4.69) is 5.10 Å². The molecule has 0 fully saturated rings. The summed E-state index contributed by atoms with van der Waals surface area (Å²) in [5.74, 6) is 0.995. The number of aromatic nitrogens is 2. The Morgan fingerprint density at radius 3 is 2.81 bits per heavy atom. The summed E-state index contributed by atoms with van der Waals surface area (Å²) < 4.78 is 7.50. The Kier molecular flexibility index (Phi) is 5.14. The van der Waals surface area contributed by atoms with E-state index in [1.54, 1.807) is 0 Å². The van der Waals surface area contributed by atoms with Gasteiger partial charge in [-0.1, -0.05) is 12.1 Å². The maximum atomic E-state index is 12.0. The van der Waals surface area contributed by atoms with Gasteiger partial charge in [-0.3, -0.25) is 9.48 Å². The highest BCUT2D eigenvalue weighted by molar-refractivity contribution is 5.80. The molecule has 112 valence electrons. The monoisotopic (exact) mass is 286 g/mol. The second kappa shape index (κ2) is 7.07. The minimum Gasteiger partial charge on any atom is -0.493 e. The van der Waals surface area contributed by atoms with Crippen LogP contribution in [-0.2, 0) is 17.8 Å². The summed E-state index contributed by atoms with van der Waals surface area (Å²) in [6.45, 7) is 7.20. The van der Waals surface area contributed by atoms with E-state index >= 15 is 0 Å². The number of nitrogens with zero attached hydrogens (tertiary/aromatic N) is 2. The number of hydrogen-bond acceptors (Lipinski definition) is 3. The van der Waals surface area contributed by atoms with Crippen molar-refractivity contribution in [2.75, 3.05) is 6.61 Å². The van der Waals surface area contributed by atoms with Gasteiger partial charge in [-0.15, -0.1) is 0 Å². The van der Waals surface area contributed by atoms with Crippen LogP contribution in [0.15, 0.2) is 30.3 Å². The molecule has 0 radical (unpaired) electrons. The molecule has 1 aromatic heterocycles. The van der Waals surface area contributed by atoms with Crippen molar-refractivity contribution in [3.63, 3.8) is 0 Å². The molecule has 0 saturated carbocycles. The number of carbonyl (C=O) groups excluding carboxylic acids is 1. The van der Waals surface area contributed by atoms with E-state index in [4.69, 9.17) is 4.74 Å². The molecule has 1 heterocycles. The van der Waals surface area contributed by atoms with E-state index in [0.29, 0.717) is 19.4 Å². The SMILES string of the molecule is CCn1nc(C)cc1CC(=O)CCOc1cccc(C)c1. The predicted molar refractivity (Wildman–Crippen MR) is 82.6 cm³/mol. The summed E-state index contributed by atoms with van der Waals surface area (Å²) in [4.78, 5) is 12.0. The maximum absolute atomic E-state index is 12.0. The van der Waals surface area contributed by atoms with Crippen LogP contribution in [0.25, 0.3) is 0 Å². The number of ether oxygens (including phenoxy) is 1. The van der Waals surface area contributed by atoms with Gasteiger partial charge in [0.15, 0.2) is 0 Å². The predicted octanol–water partition coefficient (Wildman–Crippen LogP) is 3.10. The van der Waals surface area contributed by atoms with Crippen LogP contribution in [0.5, 0.6) is 5.75 Å². The molecule has 21 heavy (non-hydrogen) atoms. The molecule has 2 aromatic rings. The Labute approximate surface area is 125 Å². The third-order valence-electron chi connectivity index (χ3n) is 3.30. The van der Waals surface area contributed by atoms with Crippen LogP contribution in [0.4, 0.5) is 0 Å². The fourth-order valence-corrected chi connectivity index (χ4v) is 2.29. The van der Waals surface area contributed by atoms with Gasteiger partial charge < -0.3 is 4.74 Å². The standard InChI is InChI=1S/C17H22N2O2/c1-4-19-15(11-14(3)18-19)12-16(20)8-9-21-17-7-5-6-13(2)10-17/h5-7,10-11H,4,8-9,12H2,1-3H3. The molecule has 0 aliphatic rings. The summed E-state index contributed by atoms with van der Waals surface area (Å²) in [5, 5.41) is 4.35. The fourth-order valence-electron chi connectivity index (χ4n) is 2.29. The molecule has 0 aliphatic heterocycles. The van der Waals surface area contributed by atoms with E-state index < -0.39 is 0 Å². The molecule has 1 aromatic carbocycles. The van der Waals surface area contributed by atoms with Crippen molar-refractivity contribution in [1.82, 2.24) is 9.78 Å². The lowest BCUT2D eigenvalue weighted by molar-refractivity contribution is -0.119. The number of hydrogen-bond donors (Lipinski definition) is 0. The van der Waals surface area contributed by atoms with Crippen LogP contribution in [0, 0.1) is 13.8 Å². The second-order valence-corrected chi connectivity index (χ2v) is 5.22. The molecule has 0 aliphatic carbocycles. The lowest BCUT2D eigenvalue weighted by Gasteiger charge is -2.07. The van der Waals surface area contributed by atoms with E-state index in [9.17, 15) is 4.79 Å². The highest BCUT2D eigenvalue weighted by atomic mass is 16.5. The molecular formula is C17H22N2O2. The molecule has 0 amide bonds. The van der Waals surface area contributed by atoms with Gasteiger partial charge in [-0.2, -0.15) is 5.10 Å². The molecule has 0 bridgehead atoms. The summed E-state index contributed by atoms with van der Waals surface area (Å²) in [7, 11) is 0. The molecule has 0 atom stereocenters. The lowest BCUT2D eigenvalue weighted by atomic mass is 10.1. The van der Waals surface area contributed by atoms with Gasteiger partial charge in [-0.05, 0) is 44.5 Å². The quantitative estimate of drug-likeness (QED) is 0.785. The van der Waals surface area contributed by atoms with E-state index in [-0.39, 0.29) is 5.78 Å². The van der Waals surface area contributed by atoms with Gasteiger partial charge in [0.05, 0.1) is 12.3 Å². The van der Waals surface area contributed by atoms with Crippen molar-refractivity contribution < 1.29 is 9.53 Å². The van der Waals surface area contributed by atoms with Crippen LogP contribution < -0.4 is 4.74 Å². The van der Waals surface area contributed by atoms with Gasteiger partial charge in [0.2, 0.25) is 0 Å². The van der Waals surface area contributed by atoms with Crippen molar-refractivity contribution in [2.45, 2.75) is 40.2 Å². The van der Waals surface area contributed by atoms with Crippen LogP contribution in [0.2, 0.25) is 0 Å². The summed E-state index contributed by atoms with van der Waals surface area (Å²) in [6, 6.07) is 9.83. The lowest BCUT2D eigenvalue weighted by Crippen LogP contribution is -2.12. The Morgan fingerprint density at radius 2 is 2.10 bits per heavy atom. The first-order chi connectivity index (χ1) is 10.1. The highest BCUT2D eigenvalue weighted by Gasteiger charge is 2.10. The molecule has 4 nitrogen and oxygen atoms in total. The van der Waals surface area contributed by atoms with Crippen LogP contribution in [0.3, 0.4) is 0 Å². The zero-order valence-corrected chi connectivity index (χ0v) is 12.9. The smallest absolute Gasteiger partial charge is 0.142 e. The summed E-state index contributed by atoms with van der Waals surface area (Å²) in [6.07, 6.45) is 0.841. The van der Waals surface area contributed by atoms with Crippen LogP contribution in [0.1, 0.15) is 30.3 Å². The number of Topliss-reactive ketones (excluding diaryl/α,β-unsaturated/α-hetero) is 1. The highest BCUT2D eigenvalue weighted by Crippen LogP contribution is 2.13. The third kappa shape index (κ3) is 4.45. The van der Waals surface area contributed by atoms with Gasteiger partial charge in [-0.25, -0.2) is 0 Å². The largest absolute Gasteiger partial charge is 0.493 e. The number of rotatable bonds is 7. The van der Waals surface area contributed by atoms with Gasteiger partial charge >= 0.3 is 0 Å². The molecule has 0 N–H and O–H groups in total.